The van der Waals surface area contributed by atoms with Crippen LogP contribution in [0.3, 0.4) is 0 Å². The van der Waals surface area contributed by atoms with Crippen LogP contribution in [0.25, 0.3) is 0 Å². The first-order valence-corrected chi connectivity index (χ1v) is 7.53. The Kier molecular flexibility index (Phi) is 6.37. The molecule has 0 saturated heterocycles. The second-order valence-electron chi connectivity index (χ2n) is 4.92. The fourth-order valence-corrected chi connectivity index (χ4v) is 2.30. The molecule has 0 fully saturated rings. The average Bonchev–Trinajstić information content (AvgIpc) is 2.55. The van der Waals surface area contributed by atoms with Gasteiger partial charge in [0.2, 0.25) is 5.91 Å². The van der Waals surface area contributed by atoms with Crippen LogP contribution in [0.4, 0.5) is 14.5 Å². The molecule has 7 heteroatoms. The van der Waals surface area contributed by atoms with Crippen LogP contribution in [-0.2, 0) is 11.2 Å². The number of carbonyl (C=O) groups is 1. The molecule has 0 bridgehead atoms. The van der Waals surface area contributed by atoms with Crippen LogP contribution in [-0.4, -0.2) is 19.6 Å². The van der Waals surface area contributed by atoms with E-state index in [1.165, 1.54) is 18.2 Å². The zero-order valence-electron chi connectivity index (χ0n) is 12.9. The lowest BCUT2D eigenvalue weighted by Crippen LogP contribution is -2.12. The quantitative estimate of drug-likeness (QED) is 0.794. The lowest BCUT2D eigenvalue weighted by atomic mass is 10.1. The van der Waals surface area contributed by atoms with E-state index in [-0.39, 0.29) is 23.1 Å². The Morgan fingerprint density at radius 3 is 2.71 bits per heavy atom. The van der Waals surface area contributed by atoms with Gasteiger partial charge in [0.15, 0.2) is 0 Å². The number of methoxy groups -OCH3 is 1. The Hall–Kier alpha value is -2.34. The summed E-state index contributed by atoms with van der Waals surface area (Å²) in [5.41, 5.74) is 1.39. The van der Waals surface area contributed by atoms with Crippen molar-refractivity contribution in [1.29, 1.82) is 0 Å². The van der Waals surface area contributed by atoms with E-state index >= 15 is 0 Å². The van der Waals surface area contributed by atoms with Crippen molar-refractivity contribution < 1.29 is 23.0 Å². The average molecular weight is 356 g/mol. The first-order chi connectivity index (χ1) is 11.5. The lowest BCUT2D eigenvalue weighted by molar-refractivity contribution is -0.116. The van der Waals surface area contributed by atoms with Crippen molar-refractivity contribution in [1.82, 2.24) is 0 Å². The summed E-state index contributed by atoms with van der Waals surface area (Å²) in [5, 5.41) is 2.67. The van der Waals surface area contributed by atoms with Crippen LogP contribution in [0.15, 0.2) is 42.5 Å². The van der Waals surface area contributed by atoms with Gasteiger partial charge in [-0.1, -0.05) is 23.7 Å². The highest BCUT2D eigenvalue weighted by Gasteiger charge is 2.10. The van der Waals surface area contributed by atoms with Gasteiger partial charge in [0.25, 0.3) is 0 Å². The number of benzene rings is 2. The largest absolute Gasteiger partial charge is 0.497 e. The standard InChI is InChI=1S/C17H16ClF2NO3/c1-23-13-4-2-3-11(9-13)5-8-16(22)21-12-6-7-15(14(18)10-12)24-17(19)20/h2-4,6-7,9-10,17H,5,8H2,1H3,(H,21,22). The van der Waals surface area contributed by atoms with Gasteiger partial charge in [0.05, 0.1) is 12.1 Å². The van der Waals surface area contributed by atoms with E-state index < -0.39 is 6.61 Å². The molecule has 24 heavy (non-hydrogen) atoms. The molecular weight excluding hydrogens is 340 g/mol. The van der Waals surface area contributed by atoms with Gasteiger partial charge >= 0.3 is 6.61 Å². The summed E-state index contributed by atoms with van der Waals surface area (Å²) in [7, 11) is 1.58. The topological polar surface area (TPSA) is 47.6 Å². The summed E-state index contributed by atoms with van der Waals surface area (Å²) in [4.78, 5) is 12.0. The summed E-state index contributed by atoms with van der Waals surface area (Å²) in [5.74, 6) is 0.381. The molecule has 2 aromatic carbocycles. The van der Waals surface area contributed by atoms with Crippen LogP contribution in [0.2, 0.25) is 5.02 Å². The maximum Gasteiger partial charge on any atom is 0.387 e. The molecule has 0 radical (unpaired) electrons. The maximum absolute atomic E-state index is 12.2. The van der Waals surface area contributed by atoms with Crippen LogP contribution in [0.5, 0.6) is 11.5 Å². The number of hydrogen-bond acceptors (Lipinski definition) is 3. The lowest BCUT2D eigenvalue weighted by Gasteiger charge is -2.10. The molecule has 0 aliphatic rings. The van der Waals surface area contributed by atoms with Crippen molar-refractivity contribution >= 4 is 23.2 Å². The molecule has 0 aliphatic carbocycles. The number of anilines is 1. The molecule has 1 N–H and O–H groups in total. The van der Waals surface area contributed by atoms with E-state index in [2.05, 4.69) is 10.1 Å². The van der Waals surface area contributed by atoms with Gasteiger partial charge < -0.3 is 14.8 Å². The van der Waals surface area contributed by atoms with Gasteiger partial charge in [-0.15, -0.1) is 0 Å². The number of amides is 1. The zero-order valence-corrected chi connectivity index (χ0v) is 13.6. The fraction of sp³-hybridized carbons (Fsp3) is 0.235. The van der Waals surface area contributed by atoms with Crippen LogP contribution in [0.1, 0.15) is 12.0 Å². The van der Waals surface area contributed by atoms with Gasteiger partial charge in [-0.2, -0.15) is 8.78 Å². The number of aryl methyl sites for hydroxylation is 1. The summed E-state index contributed by atoms with van der Waals surface area (Å²) < 4.78 is 33.7. The van der Waals surface area contributed by atoms with Gasteiger partial charge in [-0.3, -0.25) is 4.79 Å². The molecule has 128 valence electrons. The van der Waals surface area contributed by atoms with Crippen molar-refractivity contribution in [2.24, 2.45) is 0 Å². The normalized spacial score (nSPS) is 10.5. The molecule has 0 aromatic heterocycles. The summed E-state index contributed by atoms with van der Waals surface area (Å²) in [6, 6.07) is 11.5. The highest BCUT2D eigenvalue weighted by atomic mass is 35.5. The maximum atomic E-state index is 12.2. The van der Waals surface area contributed by atoms with E-state index in [1.807, 2.05) is 24.3 Å². The minimum absolute atomic E-state index is 0.000829. The Balaban J connectivity index is 1.91. The molecule has 1 amide bonds. The van der Waals surface area contributed by atoms with Crippen molar-refractivity contribution in [3.8, 4) is 11.5 Å². The number of alkyl halides is 2. The monoisotopic (exact) mass is 355 g/mol. The number of ether oxygens (including phenoxy) is 2. The van der Waals surface area contributed by atoms with Crippen molar-refractivity contribution in [2.75, 3.05) is 12.4 Å². The predicted molar refractivity (Wildman–Crippen MR) is 88.0 cm³/mol. The number of halogens is 3. The van der Waals surface area contributed by atoms with Crippen LogP contribution < -0.4 is 14.8 Å². The van der Waals surface area contributed by atoms with E-state index in [0.717, 1.165) is 11.3 Å². The number of hydrogen-bond donors (Lipinski definition) is 1. The molecule has 2 aromatic rings. The Morgan fingerprint density at radius 2 is 2.04 bits per heavy atom. The third-order valence-corrected chi connectivity index (χ3v) is 3.50. The molecular formula is C17H16ClF2NO3. The minimum Gasteiger partial charge on any atom is -0.497 e. The fourth-order valence-electron chi connectivity index (χ4n) is 2.08. The number of nitrogens with one attached hydrogen (secondary N) is 1. The summed E-state index contributed by atoms with van der Waals surface area (Å²) >= 11 is 5.84. The van der Waals surface area contributed by atoms with Gasteiger partial charge in [-0.25, -0.2) is 0 Å². The molecule has 2 rings (SSSR count). The zero-order chi connectivity index (χ0) is 17.5. The summed E-state index contributed by atoms with van der Waals surface area (Å²) in [6.07, 6.45) is 0.809. The third-order valence-electron chi connectivity index (χ3n) is 3.21. The van der Waals surface area contributed by atoms with Gasteiger partial charge in [0.1, 0.15) is 11.5 Å². The smallest absolute Gasteiger partial charge is 0.387 e. The Bertz CT molecular complexity index is 710. The second kappa shape index (κ2) is 8.49. The third kappa shape index (κ3) is 5.38. The minimum atomic E-state index is -2.95. The van der Waals surface area contributed by atoms with Gasteiger partial charge in [-0.05, 0) is 42.3 Å². The molecule has 0 unspecified atom stereocenters. The first-order valence-electron chi connectivity index (χ1n) is 7.15. The highest BCUT2D eigenvalue weighted by Crippen LogP contribution is 2.29. The predicted octanol–water partition coefficient (Wildman–Crippen LogP) is 4.52. The first kappa shape index (κ1) is 18.0. The van der Waals surface area contributed by atoms with E-state index in [4.69, 9.17) is 16.3 Å². The van der Waals surface area contributed by atoms with Crippen molar-refractivity contribution in [2.45, 2.75) is 19.5 Å². The Morgan fingerprint density at radius 1 is 1.25 bits per heavy atom. The van der Waals surface area contributed by atoms with Crippen LogP contribution in [0, 0.1) is 0 Å². The SMILES string of the molecule is COc1cccc(CCC(=O)Nc2ccc(OC(F)F)c(Cl)c2)c1. The molecule has 4 nitrogen and oxygen atoms in total. The highest BCUT2D eigenvalue weighted by molar-refractivity contribution is 6.32. The molecule has 0 atom stereocenters. The molecule has 0 spiro atoms. The van der Waals surface area contributed by atoms with E-state index in [1.54, 1.807) is 7.11 Å². The van der Waals surface area contributed by atoms with Gasteiger partial charge in [0, 0.05) is 12.1 Å². The Labute approximate surface area is 143 Å². The summed E-state index contributed by atoms with van der Waals surface area (Å²) in [6.45, 7) is -2.95. The molecule has 0 saturated carbocycles. The van der Waals surface area contributed by atoms with Crippen LogP contribution >= 0.6 is 11.6 Å². The molecule has 0 heterocycles. The molecule has 0 aliphatic heterocycles. The number of carbonyl (C=O) groups excluding carboxylic acids is 1. The van der Waals surface area contributed by atoms with Crippen molar-refractivity contribution in [3.05, 3.63) is 53.1 Å². The van der Waals surface area contributed by atoms with Crippen molar-refractivity contribution in [3.63, 3.8) is 0 Å². The van der Waals surface area contributed by atoms with E-state index in [0.29, 0.717) is 12.1 Å². The van der Waals surface area contributed by atoms with E-state index in [9.17, 15) is 13.6 Å². The number of rotatable bonds is 7. The second-order valence-corrected chi connectivity index (χ2v) is 5.33.